The number of benzene rings is 1. The highest BCUT2D eigenvalue weighted by Crippen LogP contribution is 2.42. The van der Waals surface area contributed by atoms with Crippen molar-refractivity contribution in [3.63, 3.8) is 0 Å². The van der Waals surface area contributed by atoms with Gasteiger partial charge in [-0.2, -0.15) is 0 Å². The molecule has 0 saturated carbocycles. The van der Waals surface area contributed by atoms with E-state index in [1.54, 1.807) is 14.2 Å². The first kappa shape index (κ1) is 21.9. The number of aromatic nitrogens is 3. The molecule has 0 unspecified atom stereocenters. The summed E-state index contributed by atoms with van der Waals surface area (Å²) in [5, 5.41) is 5.22. The Morgan fingerprint density at radius 2 is 1.84 bits per heavy atom. The first-order valence-corrected chi connectivity index (χ1v) is 10.7. The third-order valence-corrected chi connectivity index (χ3v) is 5.82. The Morgan fingerprint density at radius 3 is 2.47 bits per heavy atom. The van der Waals surface area contributed by atoms with Crippen molar-refractivity contribution in [1.29, 1.82) is 0 Å². The molecule has 0 atom stereocenters. The lowest BCUT2D eigenvalue weighted by molar-refractivity contribution is 0.356. The molecule has 0 bridgehead atoms. The summed E-state index contributed by atoms with van der Waals surface area (Å²) in [6, 6.07) is 10.2. The number of nitrogens with zero attached hydrogens (tertiary/aromatic N) is 4. The summed E-state index contributed by atoms with van der Waals surface area (Å²) in [5.41, 5.74) is 6.61. The van der Waals surface area contributed by atoms with Crippen LogP contribution >= 0.6 is 0 Å². The van der Waals surface area contributed by atoms with Crippen molar-refractivity contribution >= 4 is 10.9 Å². The van der Waals surface area contributed by atoms with E-state index < -0.39 is 0 Å². The van der Waals surface area contributed by atoms with Crippen molar-refractivity contribution < 1.29 is 14.0 Å². The van der Waals surface area contributed by atoms with Crippen molar-refractivity contribution in [2.45, 2.75) is 27.3 Å². The maximum absolute atomic E-state index is 5.76. The lowest BCUT2D eigenvalue weighted by Crippen LogP contribution is -2.18. The second kappa shape index (κ2) is 8.67. The summed E-state index contributed by atoms with van der Waals surface area (Å²) in [4.78, 5) is 7.30. The summed E-state index contributed by atoms with van der Waals surface area (Å²) in [6.07, 6.45) is 0. The molecule has 0 spiro atoms. The van der Waals surface area contributed by atoms with Gasteiger partial charge in [-0.1, -0.05) is 11.2 Å². The molecule has 4 aromatic rings. The van der Waals surface area contributed by atoms with Gasteiger partial charge in [-0.15, -0.1) is 0 Å². The smallest absolute Gasteiger partial charge is 0.170 e. The van der Waals surface area contributed by atoms with Gasteiger partial charge in [-0.25, -0.2) is 4.98 Å². The van der Waals surface area contributed by atoms with Gasteiger partial charge < -0.3 is 23.5 Å². The van der Waals surface area contributed by atoms with E-state index in [4.69, 9.17) is 19.0 Å². The van der Waals surface area contributed by atoms with Gasteiger partial charge in [0.15, 0.2) is 11.5 Å². The van der Waals surface area contributed by atoms with Crippen molar-refractivity contribution in [3.8, 4) is 34.0 Å². The van der Waals surface area contributed by atoms with Gasteiger partial charge in [-0.05, 0) is 59.1 Å². The van der Waals surface area contributed by atoms with Crippen LogP contribution in [-0.2, 0) is 6.54 Å². The van der Waals surface area contributed by atoms with Crippen LogP contribution in [0.1, 0.15) is 17.1 Å². The number of pyridine rings is 1. The number of aryl methyl sites for hydroxylation is 3. The maximum atomic E-state index is 5.76. The minimum absolute atomic E-state index is 0.665. The lowest BCUT2D eigenvalue weighted by atomic mass is 10.0. The molecule has 1 aromatic carbocycles. The lowest BCUT2D eigenvalue weighted by Gasteiger charge is -2.16. The first-order chi connectivity index (χ1) is 15.3. The summed E-state index contributed by atoms with van der Waals surface area (Å²) in [6.45, 7) is 7.81. The summed E-state index contributed by atoms with van der Waals surface area (Å²) in [7, 11) is 7.48. The fraction of sp³-hybridized carbons (Fsp3) is 0.360. The average Bonchev–Trinajstić information content (AvgIpc) is 3.28. The normalized spacial score (nSPS) is 11.5. The molecule has 168 valence electrons. The Hall–Kier alpha value is -3.32. The van der Waals surface area contributed by atoms with Crippen LogP contribution in [-0.4, -0.2) is 54.5 Å². The summed E-state index contributed by atoms with van der Waals surface area (Å²) < 4.78 is 19.1. The molecule has 32 heavy (non-hydrogen) atoms. The molecule has 0 aliphatic carbocycles. The van der Waals surface area contributed by atoms with E-state index in [1.807, 2.05) is 32.0 Å². The molecule has 0 fully saturated rings. The van der Waals surface area contributed by atoms with Crippen molar-refractivity contribution in [2.24, 2.45) is 0 Å². The molecule has 3 aromatic heterocycles. The van der Waals surface area contributed by atoms with Gasteiger partial charge in [0.25, 0.3) is 0 Å². The monoisotopic (exact) mass is 434 g/mol. The highest BCUT2D eigenvalue weighted by molar-refractivity contribution is 5.98. The van der Waals surface area contributed by atoms with Gasteiger partial charge in [0.1, 0.15) is 5.76 Å². The van der Waals surface area contributed by atoms with Crippen LogP contribution in [0.25, 0.3) is 33.4 Å². The Bertz CT molecular complexity index is 1250. The Kier molecular flexibility index (Phi) is 5.93. The maximum Gasteiger partial charge on any atom is 0.170 e. The molecule has 3 heterocycles. The second-order valence-corrected chi connectivity index (χ2v) is 8.27. The molecule has 0 amide bonds. The number of para-hydroxylation sites is 1. The van der Waals surface area contributed by atoms with Crippen LogP contribution in [0.15, 0.2) is 34.9 Å². The molecule has 0 saturated heterocycles. The molecule has 7 heteroatoms. The first-order valence-electron chi connectivity index (χ1n) is 10.7. The van der Waals surface area contributed by atoms with Crippen LogP contribution in [0.4, 0.5) is 0 Å². The highest BCUT2D eigenvalue weighted by atomic mass is 16.5. The van der Waals surface area contributed by atoms with Crippen LogP contribution < -0.4 is 9.47 Å². The Balaban J connectivity index is 2.05. The van der Waals surface area contributed by atoms with E-state index in [-0.39, 0.29) is 0 Å². The number of ether oxygens (including phenoxy) is 2. The fourth-order valence-electron chi connectivity index (χ4n) is 4.24. The van der Waals surface area contributed by atoms with Gasteiger partial charge in [0, 0.05) is 29.7 Å². The van der Waals surface area contributed by atoms with Gasteiger partial charge in [0.05, 0.1) is 42.4 Å². The van der Waals surface area contributed by atoms with Gasteiger partial charge in [-0.3, -0.25) is 0 Å². The number of hydrogen-bond acceptors (Lipinski definition) is 6. The Labute approximate surface area is 188 Å². The van der Waals surface area contributed by atoms with Crippen LogP contribution in [0.5, 0.6) is 11.5 Å². The molecule has 0 radical (unpaired) electrons. The number of fused-ring (bicyclic) bond motifs is 1. The van der Waals surface area contributed by atoms with Crippen molar-refractivity contribution in [1.82, 2.24) is 19.6 Å². The zero-order chi connectivity index (χ0) is 23.0. The minimum atomic E-state index is 0.665. The third kappa shape index (κ3) is 3.73. The molecule has 0 aliphatic rings. The van der Waals surface area contributed by atoms with E-state index in [0.717, 1.165) is 58.0 Å². The van der Waals surface area contributed by atoms with Crippen LogP contribution in [0, 0.1) is 20.8 Å². The number of rotatable bonds is 7. The van der Waals surface area contributed by atoms with Gasteiger partial charge in [0.2, 0.25) is 0 Å². The van der Waals surface area contributed by atoms with Crippen LogP contribution in [0.3, 0.4) is 0 Å². The zero-order valence-corrected chi connectivity index (χ0v) is 19.8. The topological polar surface area (TPSA) is 65.6 Å². The second-order valence-electron chi connectivity index (χ2n) is 8.27. The quantitative estimate of drug-likeness (QED) is 0.414. The van der Waals surface area contributed by atoms with E-state index in [0.29, 0.717) is 11.5 Å². The third-order valence-electron chi connectivity index (χ3n) is 5.82. The molecule has 7 nitrogen and oxygen atoms in total. The summed E-state index contributed by atoms with van der Waals surface area (Å²) in [5.74, 6) is 2.09. The molecule has 0 aliphatic heterocycles. The highest BCUT2D eigenvalue weighted by Gasteiger charge is 2.22. The largest absolute Gasteiger partial charge is 0.493 e. The molecule has 4 rings (SSSR count). The molecular formula is C25H30N4O3. The summed E-state index contributed by atoms with van der Waals surface area (Å²) >= 11 is 0. The number of likely N-dealkylation sites (N-methyl/N-ethyl adjacent to an activating group) is 1. The van der Waals surface area contributed by atoms with Crippen molar-refractivity contribution in [2.75, 3.05) is 34.9 Å². The zero-order valence-electron chi connectivity index (χ0n) is 19.8. The SMILES string of the molecule is COc1cccc(-c2nc(-c3c(C)noc3C)cc3c2cc(C)n3CCN(C)C)c1OC. The number of hydrogen-bond donors (Lipinski definition) is 0. The fourth-order valence-corrected chi connectivity index (χ4v) is 4.24. The predicted molar refractivity (Wildman–Crippen MR) is 127 cm³/mol. The van der Waals surface area contributed by atoms with Gasteiger partial charge >= 0.3 is 0 Å². The van der Waals surface area contributed by atoms with E-state index in [2.05, 4.69) is 47.8 Å². The number of methoxy groups -OCH3 is 2. The van der Waals surface area contributed by atoms with Crippen LogP contribution in [0.2, 0.25) is 0 Å². The predicted octanol–water partition coefficient (Wildman–Crippen LogP) is 4.86. The minimum Gasteiger partial charge on any atom is -0.493 e. The van der Waals surface area contributed by atoms with E-state index in [1.165, 1.54) is 5.69 Å². The average molecular weight is 435 g/mol. The Morgan fingerprint density at radius 1 is 1.06 bits per heavy atom. The van der Waals surface area contributed by atoms with E-state index >= 15 is 0 Å². The standard InChI is InChI=1S/C25H30N4O3/c1-15-13-19-21(29(15)12-11-28(4)5)14-20(23-16(2)27-32-17(23)3)26-24(19)18-9-8-10-22(30-6)25(18)31-7/h8-10,13-14H,11-12H2,1-7H3. The molecular weight excluding hydrogens is 404 g/mol. The van der Waals surface area contributed by atoms with E-state index in [9.17, 15) is 0 Å². The van der Waals surface area contributed by atoms with Crippen molar-refractivity contribution in [3.05, 3.63) is 47.5 Å². The molecule has 0 N–H and O–H groups in total.